The highest BCUT2D eigenvalue weighted by Crippen LogP contribution is 2.71. The highest BCUT2D eigenvalue weighted by molar-refractivity contribution is 8.33. The molecule has 2 aliphatic rings. The molecule has 0 unspecified atom stereocenters. The molecule has 4 heterocycles. The van der Waals surface area contributed by atoms with Gasteiger partial charge in [0.2, 0.25) is 0 Å². The van der Waals surface area contributed by atoms with Gasteiger partial charge in [0.25, 0.3) is 0 Å². The highest BCUT2D eigenvalue weighted by Gasteiger charge is 2.40. The fourth-order valence-corrected chi connectivity index (χ4v) is 16.2. The van der Waals surface area contributed by atoms with Crippen molar-refractivity contribution in [2.24, 2.45) is 0 Å². The Morgan fingerprint density at radius 2 is 0.694 bits per heavy atom. The topological polar surface area (TPSA) is 50.1 Å². The zero-order chi connectivity index (χ0) is 49.1. The van der Waals surface area contributed by atoms with Crippen molar-refractivity contribution >= 4 is 76.0 Å². The standard InChI is InChI=1S/C62H50N6S2.C2H6/c1-5-70(4)57-38-22-18-34-51(57)67(52-35-19-23-39-58(52)70)54-41-44(62-64-60(42-24-8-6-9-25-42)63-61(65-62)43-26-10-7-11-27-43)40-53(59(54)68-47-30-14-12-28-45(47)46-29-13-15-31-48(46)68)66-49-32-16-20-36-55(49)69(2,3)56-37-21-17-33-50(56)66;1-2/h6-41H,5H2,1-4H3;1-2H3. The van der Waals surface area contributed by atoms with Crippen molar-refractivity contribution in [1.29, 1.82) is 0 Å². The summed E-state index contributed by atoms with van der Waals surface area (Å²) in [5.41, 5.74) is 12.8. The first-order chi connectivity index (χ1) is 35.3. The molecule has 8 heteroatoms. The summed E-state index contributed by atoms with van der Waals surface area (Å²) in [5, 5.41) is 2.40. The SMILES string of the molecule is CC.CCS1(C)c2ccccc2N(c2cc(-c3nc(-c4ccccc4)nc(-c4ccccc4)n3)cc(N3c4ccccc4S(C)(C)c4ccccc43)c2-n2c3ccccc3c3ccccc32)c2ccccc21. The van der Waals surface area contributed by atoms with Crippen molar-refractivity contribution < 1.29 is 0 Å². The molecule has 6 nitrogen and oxygen atoms in total. The largest absolute Gasteiger partial charge is 0.306 e. The van der Waals surface area contributed by atoms with Gasteiger partial charge in [-0.25, -0.2) is 15.0 Å². The van der Waals surface area contributed by atoms with Crippen LogP contribution in [0.3, 0.4) is 0 Å². The minimum atomic E-state index is -1.43. The molecule has 72 heavy (non-hydrogen) atoms. The van der Waals surface area contributed by atoms with Crippen molar-refractivity contribution in [3.63, 3.8) is 0 Å². The van der Waals surface area contributed by atoms with Crippen molar-refractivity contribution in [2.75, 3.05) is 34.3 Å². The molecule has 0 saturated carbocycles. The minimum Gasteiger partial charge on any atom is -0.306 e. The first-order valence-electron chi connectivity index (χ1n) is 24.8. The normalized spacial score (nSPS) is 14.8. The molecule has 0 amide bonds. The van der Waals surface area contributed by atoms with Crippen LogP contribution in [0.5, 0.6) is 0 Å². The van der Waals surface area contributed by atoms with E-state index in [1.807, 2.05) is 50.2 Å². The molecule has 2 aromatic heterocycles. The van der Waals surface area contributed by atoms with Gasteiger partial charge < -0.3 is 14.4 Å². The van der Waals surface area contributed by atoms with Crippen LogP contribution in [0.1, 0.15) is 20.8 Å². The lowest BCUT2D eigenvalue weighted by Crippen LogP contribution is -2.25. The maximum Gasteiger partial charge on any atom is 0.164 e. The number of rotatable bonds is 7. The highest BCUT2D eigenvalue weighted by atomic mass is 32.3. The van der Waals surface area contributed by atoms with E-state index in [2.05, 4.69) is 222 Å². The van der Waals surface area contributed by atoms with Gasteiger partial charge in [-0.1, -0.05) is 166 Å². The van der Waals surface area contributed by atoms with Crippen molar-refractivity contribution in [3.05, 3.63) is 218 Å². The van der Waals surface area contributed by atoms with E-state index in [9.17, 15) is 0 Å². The lowest BCUT2D eigenvalue weighted by atomic mass is 10.0. The average Bonchev–Trinajstić information content (AvgIpc) is 3.78. The maximum absolute atomic E-state index is 5.44. The Hall–Kier alpha value is -7.91. The molecular formula is C64H56N6S2. The number of hydrogen-bond acceptors (Lipinski definition) is 5. The second-order valence-corrected chi connectivity index (χ2v) is 25.7. The molecule has 0 fully saturated rings. The number of benzene rings is 9. The number of anilines is 6. The van der Waals surface area contributed by atoms with Gasteiger partial charge in [-0.2, -0.15) is 20.1 Å². The maximum atomic E-state index is 5.44. The van der Waals surface area contributed by atoms with Gasteiger partial charge >= 0.3 is 0 Å². The van der Waals surface area contributed by atoms with E-state index in [1.165, 1.54) is 53.1 Å². The quantitative estimate of drug-likeness (QED) is 0.159. The zero-order valence-corrected chi connectivity index (χ0v) is 43.1. The van der Waals surface area contributed by atoms with E-state index in [4.69, 9.17) is 15.0 Å². The van der Waals surface area contributed by atoms with Crippen molar-refractivity contribution in [1.82, 2.24) is 19.5 Å². The molecule has 11 aromatic rings. The lowest BCUT2D eigenvalue weighted by molar-refractivity contribution is 1.06. The van der Waals surface area contributed by atoms with Gasteiger partial charge in [0.15, 0.2) is 17.5 Å². The average molecular weight is 973 g/mol. The van der Waals surface area contributed by atoms with Crippen LogP contribution >= 0.6 is 20.1 Å². The summed E-state index contributed by atoms with van der Waals surface area (Å²) in [6, 6.07) is 79.4. The van der Waals surface area contributed by atoms with Crippen LogP contribution < -0.4 is 9.80 Å². The predicted molar refractivity (Wildman–Crippen MR) is 308 cm³/mol. The predicted octanol–water partition coefficient (Wildman–Crippen LogP) is 17.9. The van der Waals surface area contributed by atoms with Gasteiger partial charge in [-0.15, -0.1) is 0 Å². The lowest BCUT2D eigenvalue weighted by Gasteiger charge is -2.48. The molecule has 0 spiro atoms. The first kappa shape index (κ1) is 45.2. The molecule has 0 saturated heterocycles. The Balaban J connectivity index is 0.00000262. The van der Waals surface area contributed by atoms with Crippen LogP contribution in [0.2, 0.25) is 0 Å². The first-order valence-corrected chi connectivity index (χ1v) is 29.5. The molecule has 2 aliphatic heterocycles. The Kier molecular flexibility index (Phi) is 11.3. The van der Waals surface area contributed by atoms with E-state index in [1.54, 1.807) is 0 Å². The van der Waals surface area contributed by atoms with E-state index >= 15 is 0 Å². The minimum absolute atomic E-state index is 0.594. The summed E-state index contributed by atoms with van der Waals surface area (Å²) in [6.45, 7) is 6.35. The van der Waals surface area contributed by atoms with Crippen LogP contribution in [0.15, 0.2) is 238 Å². The number of aromatic nitrogens is 4. The molecular weight excluding hydrogens is 917 g/mol. The van der Waals surface area contributed by atoms with E-state index in [0.717, 1.165) is 50.5 Å². The zero-order valence-electron chi connectivity index (χ0n) is 41.5. The Labute approximate surface area is 426 Å². The fraction of sp³-hybridized carbons (Fsp3) is 0.109. The van der Waals surface area contributed by atoms with Crippen LogP contribution in [-0.4, -0.2) is 44.0 Å². The Bertz CT molecular complexity index is 3640. The molecule has 0 N–H and O–H groups in total. The molecule has 0 aliphatic carbocycles. The van der Waals surface area contributed by atoms with E-state index in [0.29, 0.717) is 17.5 Å². The number of fused-ring (bicyclic) bond motifs is 7. The second kappa shape index (κ2) is 18.0. The summed E-state index contributed by atoms with van der Waals surface area (Å²) in [7, 11) is -2.85. The van der Waals surface area contributed by atoms with Crippen LogP contribution in [0, 0.1) is 0 Å². The van der Waals surface area contributed by atoms with Gasteiger partial charge in [0.1, 0.15) is 0 Å². The van der Waals surface area contributed by atoms with Gasteiger partial charge in [-0.3, -0.25) is 0 Å². The third-order valence-corrected chi connectivity index (χ3v) is 21.1. The summed E-state index contributed by atoms with van der Waals surface area (Å²) >= 11 is 0. The summed E-state index contributed by atoms with van der Waals surface area (Å²) in [6.07, 6.45) is 7.37. The molecule has 13 rings (SSSR count). The van der Waals surface area contributed by atoms with Crippen LogP contribution in [0.25, 0.3) is 61.7 Å². The molecule has 0 radical (unpaired) electrons. The third-order valence-electron chi connectivity index (χ3n) is 14.4. The molecule has 0 bridgehead atoms. The molecule has 354 valence electrons. The number of para-hydroxylation sites is 6. The van der Waals surface area contributed by atoms with Crippen LogP contribution in [0.4, 0.5) is 34.1 Å². The summed E-state index contributed by atoms with van der Waals surface area (Å²) in [4.78, 5) is 26.6. The van der Waals surface area contributed by atoms with E-state index < -0.39 is 20.1 Å². The van der Waals surface area contributed by atoms with Gasteiger partial charge in [-0.05, 0) is 97.3 Å². The van der Waals surface area contributed by atoms with Gasteiger partial charge in [0.05, 0.1) is 50.8 Å². The smallest absolute Gasteiger partial charge is 0.164 e. The number of nitrogens with zero attached hydrogens (tertiary/aromatic N) is 6. The third kappa shape index (κ3) is 7.07. The molecule has 9 aromatic carbocycles. The molecule has 0 atom stereocenters. The van der Waals surface area contributed by atoms with Crippen LogP contribution in [-0.2, 0) is 0 Å². The fourth-order valence-electron chi connectivity index (χ4n) is 10.9. The van der Waals surface area contributed by atoms with Gasteiger partial charge in [0, 0.05) is 47.0 Å². The summed E-state index contributed by atoms with van der Waals surface area (Å²) < 4.78 is 2.53. The summed E-state index contributed by atoms with van der Waals surface area (Å²) in [5.74, 6) is 2.86. The van der Waals surface area contributed by atoms with Crippen molar-refractivity contribution in [2.45, 2.75) is 40.4 Å². The second-order valence-electron chi connectivity index (χ2n) is 18.5. The van der Waals surface area contributed by atoms with E-state index in [-0.39, 0.29) is 0 Å². The monoisotopic (exact) mass is 972 g/mol. The Morgan fingerprint density at radius 3 is 1.11 bits per heavy atom. The Morgan fingerprint density at radius 1 is 0.361 bits per heavy atom. The van der Waals surface area contributed by atoms with Crippen molar-refractivity contribution in [3.8, 4) is 39.9 Å². The number of hydrogen-bond donors (Lipinski definition) is 0.